The first kappa shape index (κ1) is 36.0. The van der Waals surface area contributed by atoms with Crippen molar-refractivity contribution < 1.29 is 19.8 Å². The van der Waals surface area contributed by atoms with Crippen molar-refractivity contribution in [1.29, 1.82) is 0 Å². The molecule has 248 valence electrons. The number of H-pyrrole nitrogens is 2. The van der Waals surface area contributed by atoms with Gasteiger partial charge < -0.3 is 10.2 Å². The molecule has 0 fully saturated rings. The van der Waals surface area contributed by atoms with E-state index >= 15 is 0 Å². The maximum Gasteiger partial charge on any atom is 0.307 e. The van der Waals surface area contributed by atoms with E-state index in [0.717, 1.165) is 36.8 Å². The first-order chi connectivity index (χ1) is 22.2. The largest absolute Gasteiger partial charge is 0.481 e. The molecule has 2 aromatic heterocycles. The number of carboxylic acids is 2. The normalized spacial score (nSPS) is 13.9. The van der Waals surface area contributed by atoms with Gasteiger partial charge in [0.2, 0.25) is 0 Å². The van der Waals surface area contributed by atoms with Gasteiger partial charge in [0.15, 0.2) is 11.6 Å². The fraction of sp³-hybridized carbons (Fsp3) is 0.529. The van der Waals surface area contributed by atoms with Gasteiger partial charge in [0.25, 0.3) is 0 Å². The van der Waals surface area contributed by atoms with Crippen molar-refractivity contribution in [2.75, 3.05) is 0 Å². The van der Waals surface area contributed by atoms with Crippen molar-refractivity contribution >= 4 is 11.9 Å². The van der Waals surface area contributed by atoms with Crippen LogP contribution < -0.4 is 0 Å². The highest BCUT2D eigenvalue weighted by atomic mass is 16.4. The molecule has 0 radical (unpaired) electrons. The quantitative estimate of drug-likeness (QED) is 0.0998. The molecule has 0 unspecified atom stereocenters. The third kappa shape index (κ3) is 12.1. The smallest absolute Gasteiger partial charge is 0.307 e. The lowest BCUT2D eigenvalue weighted by atomic mass is 9.82. The van der Waals surface area contributed by atoms with Crippen LogP contribution in [0.5, 0.6) is 0 Å². The van der Waals surface area contributed by atoms with Gasteiger partial charge in [0.1, 0.15) is 0 Å². The highest BCUT2D eigenvalue weighted by Gasteiger charge is 2.33. The number of aromatic amines is 2. The van der Waals surface area contributed by atoms with Gasteiger partial charge in [0.05, 0.1) is 11.8 Å². The molecule has 0 spiro atoms. The molecule has 0 aliphatic carbocycles. The Bertz CT molecular complexity index is 1280. The number of aromatic nitrogens is 8. The average molecular weight is 633 g/mol. The van der Waals surface area contributed by atoms with Crippen LogP contribution in [0.3, 0.4) is 0 Å². The lowest BCUT2D eigenvalue weighted by molar-refractivity contribution is -0.144. The fourth-order valence-corrected chi connectivity index (χ4v) is 5.70. The number of rotatable bonds is 18. The monoisotopic (exact) mass is 632 g/mol. The molecule has 0 bridgehead atoms. The molecule has 4 atom stereocenters. The van der Waals surface area contributed by atoms with Gasteiger partial charge in [0, 0.05) is 11.8 Å². The lowest BCUT2D eigenvalue weighted by Gasteiger charge is -2.21. The summed E-state index contributed by atoms with van der Waals surface area (Å²) in [5.41, 5.74) is 2.16. The molecule has 12 nitrogen and oxygen atoms in total. The van der Waals surface area contributed by atoms with E-state index in [2.05, 4.69) is 68.9 Å². The first-order valence-electron chi connectivity index (χ1n) is 16.2. The first-order valence-corrected chi connectivity index (χ1v) is 16.2. The molecule has 0 saturated carbocycles. The zero-order valence-corrected chi connectivity index (χ0v) is 27.3. The van der Waals surface area contributed by atoms with Gasteiger partial charge in [-0.2, -0.15) is 10.4 Å². The fourth-order valence-electron chi connectivity index (χ4n) is 5.70. The molecule has 46 heavy (non-hydrogen) atoms. The van der Waals surface area contributed by atoms with Crippen molar-refractivity contribution in [3.63, 3.8) is 0 Å². The van der Waals surface area contributed by atoms with Gasteiger partial charge >= 0.3 is 11.9 Å². The molecule has 0 saturated heterocycles. The van der Waals surface area contributed by atoms with Crippen LogP contribution in [0.15, 0.2) is 60.7 Å². The Kier molecular flexibility index (Phi) is 15.0. The molecule has 12 heteroatoms. The van der Waals surface area contributed by atoms with Crippen molar-refractivity contribution in [2.24, 2.45) is 23.7 Å². The summed E-state index contributed by atoms with van der Waals surface area (Å²) in [5, 5.41) is 47.7. The average Bonchev–Trinajstić information content (AvgIpc) is 3.76. The van der Waals surface area contributed by atoms with Gasteiger partial charge in [-0.25, -0.2) is 0 Å². The molecular weight excluding hydrogens is 584 g/mol. The van der Waals surface area contributed by atoms with Crippen LogP contribution in [0.4, 0.5) is 0 Å². The molecule has 0 aliphatic rings. The summed E-state index contributed by atoms with van der Waals surface area (Å²) >= 11 is 0. The molecule has 4 rings (SSSR count). The number of benzene rings is 2. The summed E-state index contributed by atoms with van der Waals surface area (Å²) in [7, 11) is 0. The van der Waals surface area contributed by atoms with E-state index in [-0.39, 0.29) is 11.8 Å². The molecule has 2 aromatic carbocycles. The van der Waals surface area contributed by atoms with Gasteiger partial charge in [-0.3, -0.25) is 9.59 Å². The second-order valence-corrected chi connectivity index (χ2v) is 12.7. The summed E-state index contributed by atoms with van der Waals surface area (Å²) in [6, 6.07) is 19.7. The van der Waals surface area contributed by atoms with Crippen molar-refractivity contribution in [1.82, 2.24) is 41.2 Å². The topological polar surface area (TPSA) is 184 Å². The van der Waals surface area contributed by atoms with Crippen molar-refractivity contribution in [3.05, 3.63) is 83.4 Å². The Balaban J connectivity index is 0.000000250. The maximum absolute atomic E-state index is 11.8. The van der Waals surface area contributed by atoms with E-state index in [1.54, 1.807) is 0 Å². The minimum Gasteiger partial charge on any atom is -0.481 e. The van der Waals surface area contributed by atoms with E-state index in [9.17, 15) is 19.8 Å². The van der Waals surface area contributed by atoms with E-state index in [4.69, 9.17) is 0 Å². The summed E-state index contributed by atoms with van der Waals surface area (Å²) in [5.74, 6) is -1.06. The number of nitrogens with zero attached hydrogens (tertiary/aromatic N) is 6. The van der Waals surface area contributed by atoms with Crippen LogP contribution in [-0.4, -0.2) is 63.4 Å². The summed E-state index contributed by atoms with van der Waals surface area (Å²) in [6.45, 7) is 8.60. The van der Waals surface area contributed by atoms with Crippen LogP contribution in [0.2, 0.25) is 0 Å². The standard InChI is InChI=1S/2C17H24N4O2/c2*1-12(2)7-6-10-14(17(22)23)15(16-18-20-21-19-16)11-13-8-4-3-5-9-13/h2*3-5,8-9,12,14-15H,6-7,10-11H2,1-2H3,(H,22,23)(H,18,19,20,21)/t14-,15+;14-,15-/m10/s1. The van der Waals surface area contributed by atoms with Crippen LogP contribution in [0.25, 0.3) is 0 Å². The summed E-state index contributed by atoms with van der Waals surface area (Å²) < 4.78 is 0. The SMILES string of the molecule is CC(C)CCC[C@@H](C(=O)O)[C@H](Cc1ccccc1)c1nn[nH]n1.CC(C)CCC[C@H](C(=O)O)[C@H](Cc1ccccc1)c1nn[nH]n1. The van der Waals surface area contributed by atoms with E-state index < -0.39 is 23.8 Å². The van der Waals surface area contributed by atoms with Crippen molar-refractivity contribution in [2.45, 2.75) is 90.9 Å². The van der Waals surface area contributed by atoms with Crippen LogP contribution >= 0.6 is 0 Å². The molecule has 2 heterocycles. The molecular formula is C34H48N8O4. The number of carboxylic acid groups (broad SMARTS) is 2. The number of carbonyl (C=O) groups is 2. The highest BCUT2D eigenvalue weighted by Crippen LogP contribution is 2.32. The van der Waals surface area contributed by atoms with Gasteiger partial charge in [-0.05, 0) is 48.6 Å². The van der Waals surface area contributed by atoms with Crippen LogP contribution in [0, 0.1) is 23.7 Å². The summed E-state index contributed by atoms with van der Waals surface area (Å²) in [6.07, 6.45) is 6.26. The molecule has 0 amide bonds. The summed E-state index contributed by atoms with van der Waals surface area (Å²) in [4.78, 5) is 23.6. The number of hydrogen-bond acceptors (Lipinski definition) is 8. The minimum absolute atomic E-state index is 0.277. The van der Waals surface area contributed by atoms with Crippen LogP contribution in [-0.2, 0) is 22.4 Å². The molecule has 0 aliphatic heterocycles. The van der Waals surface area contributed by atoms with E-state index in [1.807, 2.05) is 60.7 Å². The third-order valence-electron chi connectivity index (χ3n) is 8.18. The van der Waals surface area contributed by atoms with Gasteiger partial charge in [-0.15, -0.1) is 20.4 Å². The predicted octanol–water partition coefficient (Wildman–Crippen LogP) is 6.11. The number of nitrogens with one attached hydrogen (secondary N) is 2. The molecule has 4 N–H and O–H groups in total. The number of hydrogen-bond donors (Lipinski definition) is 4. The van der Waals surface area contributed by atoms with E-state index in [0.29, 0.717) is 49.2 Å². The number of aliphatic carboxylic acids is 2. The molecule has 4 aromatic rings. The van der Waals surface area contributed by atoms with E-state index in [1.165, 1.54) is 0 Å². The maximum atomic E-state index is 11.8. The predicted molar refractivity (Wildman–Crippen MR) is 174 cm³/mol. The zero-order chi connectivity index (χ0) is 33.3. The van der Waals surface area contributed by atoms with Crippen molar-refractivity contribution in [3.8, 4) is 0 Å². The Hall–Kier alpha value is -4.48. The third-order valence-corrected chi connectivity index (χ3v) is 8.18. The Morgan fingerprint density at radius 3 is 1.26 bits per heavy atom. The van der Waals surface area contributed by atoms with Gasteiger partial charge in [-0.1, -0.05) is 124 Å². The number of tetrazole rings is 2. The minimum atomic E-state index is -0.792. The zero-order valence-electron chi connectivity index (χ0n) is 27.3. The Labute approximate surface area is 270 Å². The van der Waals surface area contributed by atoms with Crippen LogP contribution in [0.1, 0.15) is 101 Å². The Morgan fingerprint density at radius 1 is 0.609 bits per heavy atom. The lowest BCUT2D eigenvalue weighted by Crippen LogP contribution is -2.25. The highest BCUT2D eigenvalue weighted by molar-refractivity contribution is 5.71. The Morgan fingerprint density at radius 2 is 0.978 bits per heavy atom. The second kappa shape index (κ2) is 19.1. The second-order valence-electron chi connectivity index (χ2n) is 12.7.